The van der Waals surface area contributed by atoms with Gasteiger partial charge < -0.3 is 9.80 Å². The van der Waals surface area contributed by atoms with Gasteiger partial charge in [0.05, 0.1) is 9.83 Å². The number of amides is 1. The van der Waals surface area contributed by atoms with E-state index in [9.17, 15) is 14.9 Å². The number of hydrogen-bond donors (Lipinski definition) is 0. The van der Waals surface area contributed by atoms with Gasteiger partial charge in [0.15, 0.2) is 5.17 Å². The Morgan fingerprint density at radius 2 is 1.67 bits per heavy atom. The van der Waals surface area contributed by atoms with E-state index >= 15 is 0 Å². The van der Waals surface area contributed by atoms with Crippen molar-refractivity contribution in [2.24, 2.45) is 4.99 Å². The SMILES string of the molecule is CCc1ccc(/C=C2\SC(N3CCN(c4ccc([N+](=O)[O-])cc4)CC3)=NC2=O)cc1. The number of aryl methyl sites for hydroxylation is 1. The molecule has 0 N–H and O–H groups in total. The molecule has 0 saturated carbocycles. The van der Waals surface area contributed by atoms with Crippen molar-refractivity contribution in [3.8, 4) is 0 Å². The molecule has 0 spiro atoms. The summed E-state index contributed by atoms with van der Waals surface area (Å²) in [4.78, 5) is 32.0. The molecular weight excluding hydrogens is 400 g/mol. The molecule has 0 aromatic heterocycles. The number of aliphatic imine (C=N–C) groups is 1. The molecule has 4 rings (SSSR count). The molecule has 0 bridgehead atoms. The zero-order chi connectivity index (χ0) is 21.1. The van der Waals surface area contributed by atoms with Crippen molar-refractivity contribution >= 4 is 40.3 Å². The number of nitro groups is 1. The van der Waals surface area contributed by atoms with Crippen LogP contribution in [0.2, 0.25) is 0 Å². The first-order valence-electron chi connectivity index (χ1n) is 9.89. The van der Waals surface area contributed by atoms with E-state index in [0.717, 1.165) is 49.0 Å². The molecule has 2 aromatic carbocycles. The number of hydrogen-bond acceptors (Lipinski definition) is 6. The zero-order valence-corrected chi connectivity index (χ0v) is 17.5. The largest absolute Gasteiger partial charge is 0.368 e. The van der Waals surface area contributed by atoms with Gasteiger partial charge in [0, 0.05) is 44.0 Å². The van der Waals surface area contributed by atoms with Crippen molar-refractivity contribution in [3.05, 3.63) is 74.7 Å². The maximum Gasteiger partial charge on any atom is 0.286 e. The lowest BCUT2D eigenvalue weighted by Crippen LogP contribution is -2.47. The Kier molecular flexibility index (Phi) is 5.85. The number of rotatable bonds is 4. The number of anilines is 1. The lowest BCUT2D eigenvalue weighted by Gasteiger charge is -2.36. The number of piperazine rings is 1. The summed E-state index contributed by atoms with van der Waals surface area (Å²) in [5.74, 6) is -0.188. The van der Waals surface area contributed by atoms with E-state index in [2.05, 4.69) is 33.8 Å². The third-order valence-electron chi connectivity index (χ3n) is 5.27. The average Bonchev–Trinajstić information content (AvgIpc) is 3.14. The molecule has 1 saturated heterocycles. The second kappa shape index (κ2) is 8.71. The van der Waals surface area contributed by atoms with E-state index in [4.69, 9.17) is 0 Å². The van der Waals surface area contributed by atoms with E-state index in [0.29, 0.717) is 4.91 Å². The lowest BCUT2D eigenvalue weighted by atomic mass is 10.1. The topological polar surface area (TPSA) is 79.1 Å². The Labute approximate surface area is 179 Å². The third-order valence-corrected chi connectivity index (χ3v) is 6.32. The van der Waals surface area contributed by atoms with Crippen LogP contribution in [0.5, 0.6) is 0 Å². The average molecular weight is 423 g/mol. The first kappa shape index (κ1) is 20.2. The van der Waals surface area contributed by atoms with E-state index in [-0.39, 0.29) is 11.6 Å². The minimum absolute atomic E-state index is 0.0938. The standard InChI is InChI=1S/C22H22N4O3S/c1-2-16-3-5-17(6-4-16)15-20-21(27)23-22(30-20)25-13-11-24(12-14-25)18-7-9-19(10-8-18)26(28)29/h3-10,15H,2,11-14H2,1H3/b20-15-. The summed E-state index contributed by atoms with van der Waals surface area (Å²) >= 11 is 1.43. The van der Waals surface area contributed by atoms with Gasteiger partial charge in [0.2, 0.25) is 0 Å². The molecule has 2 aliphatic heterocycles. The minimum Gasteiger partial charge on any atom is -0.368 e. The van der Waals surface area contributed by atoms with Crippen molar-refractivity contribution in [1.29, 1.82) is 0 Å². The first-order valence-corrected chi connectivity index (χ1v) is 10.7. The Bertz CT molecular complexity index is 1010. The monoisotopic (exact) mass is 422 g/mol. The van der Waals surface area contributed by atoms with Crippen molar-refractivity contribution in [2.75, 3.05) is 31.1 Å². The fourth-order valence-corrected chi connectivity index (χ4v) is 4.44. The van der Waals surface area contributed by atoms with Crippen molar-refractivity contribution in [3.63, 3.8) is 0 Å². The Morgan fingerprint density at radius 3 is 2.27 bits per heavy atom. The molecule has 8 heteroatoms. The molecule has 1 fully saturated rings. The quantitative estimate of drug-likeness (QED) is 0.422. The van der Waals surface area contributed by atoms with Crippen LogP contribution < -0.4 is 4.90 Å². The lowest BCUT2D eigenvalue weighted by molar-refractivity contribution is -0.384. The summed E-state index contributed by atoms with van der Waals surface area (Å²) in [6.07, 6.45) is 2.89. The number of thioether (sulfide) groups is 1. The molecule has 2 aromatic rings. The van der Waals surface area contributed by atoms with Crippen molar-refractivity contribution in [2.45, 2.75) is 13.3 Å². The Hall–Kier alpha value is -3.13. The van der Waals surface area contributed by atoms with Gasteiger partial charge in [-0.1, -0.05) is 31.2 Å². The number of carbonyl (C=O) groups excluding carboxylic acids is 1. The summed E-state index contributed by atoms with van der Waals surface area (Å²) in [5, 5.41) is 11.6. The Morgan fingerprint density at radius 1 is 1.03 bits per heavy atom. The van der Waals surface area contributed by atoms with Crippen LogP contribution in [-0.2, 0) is 11.2 Å². The van der Waals surface area contributed by atoms with E-state index < -0.39 is 4.92 Å². The highest BCUT2D eigenvalue weighted by atomic mass is 32.2. The predicted molar refractivity (Wildman–Crippen MR) is 121 cm³/mol. The second-order valence-electron chi connectivity index (χ2n) is 7.15. The molecule has 0 atom stereocenters. The molecule has 2 aliphatic rings. The maximum atomic E-state index is 12.4. The van der Waals surface area contributed by atoms with Gasteiger partial charge in [0.25, 0.3) is 11.6 Å². The summed E-state index contributed by atoms with van der Waals surface area (Å²) in [5.41, 5.74) is 3.33. The van der Waals surface area contributed by atoms with E-state index in [1.54, 1.807) is 12.1 Å². The third kappa shape index (κ3) is 4.38. The predicted octanol–water partition coefficient (Wildman–Crippen LogP) is 3.95. The van der Waals surface area contributed by atoms with Gasteiger partial charge in [-0.3, -0.25) is 14.9 Å². The number of benzene rings is 2. The normalized spacial score (nSPS) is 18.1. The molecule has 154 valence electrons. The van der Waals surface area contributed by atoms with Crippen molar-refractivity contribution < 1.29 is 9.72 Å². The van der Waals surface area contributed by atoms with Crippen LogP contribution in [0.25, 0.3) is 6.08 Å². The Balaban J connectivity index is 1.36. The van der Waals surface area contributed by atoms with Crippen LogP contribution in [0.3, 0.4) is 0 Å². The summed E-state index contributed by atoms with van der Waals surface area (Å²) in [6.45, 7) is 5.14. The van der Waals surface area contributed by atoms with Gasteiger partial charge in [-0.25, -0.2) is 0 Å². The van der Waals surface area contributed by atoms with E-state index in [1.165, 1.54) is 29.5 Å². The molecular formula is C22H22N4O3S. The van der Waals surface area contributed by atoms with Crippen molar-refractivity contribution in [1.82, 2.24) is 4.90 Å². The highest BCUT2D eigenvalue weighted by molar-refractivity contribution is 8.18. The van der Waals surface area contributed by atoms with Crippen LogP contribution in [-0.4, -0.2) is 47.1 Å². The number of carbonyl (C=O) groups is 1. The number of nitrogens with zero attached hydrogens (tertiary/aromatic N) is 4. The second-order valence-corrected chi connectivity index (χ2v) is 8.16. The summed E-state index contributed by atoms with van der Waals surface area (Å²) < 4.78 is 0. The fourth-order valence-electron chi connectivity index (χ4n) is 3.48. The van der Waals surface area contributed by atoms with Gasteiger partial charge in [0.1, 0.15) is 0 Å². The molecule has 1 amide bonds. The van der Waals surface area contributed by atoms with Crippen LogP contribution >= 0.6 is 11.8 Å². The highest BCUT2D eigenvalue weighted by Gasteiger charge is 2.28. The molecule has 0 radical (unpaired) electrons. The van der Waals surface area contributed by atoms with Gasteiger partial charge in [-0.05, 0) is 47.5 Å². The molecule has 0 aliphatic carbocycles. The zero-order valence-electron chi connectivity index (χ0n) is 16.7. The van der Waals surface area contributed by atoms with Gasteiger partial charge >= 0.3 is 0 Å². The van der Waals surface area contributed by atoms with Crippen LogP contribution in [0.15, 0.2) is 58.4 Å². The summed E-state index contributed by atoms with van der Waals surface area (Å²) in [6, 6.07) is 14.8. The number of amidine groups is 1. The van der Waals surface area contributed by atoms with Crippen LogP contribution in [0.1, 0.15) is 18.1 Å². The molecule has 0 unspecified atom stereocenters. The first-order chi connectivity index (χ1) is 14.5. The smallest absolute Gasteiger partial charge is 0.286 e. The summed E-state index contributed by atoms with van der Waals surface area (Å²) in [7, 11) is 0. The fraction of sp³-hybridized carbons (Fsp3) is 0.273. The highest BCUT2D eigenvalue weighted by Crippen LogP contribution is 2.31. The van der Waals surface area contributed by atoms with Gasteiger partial charge in [-0.2, -0.15) is 4.99 Å². The van der Waals surface area contributed by atoms with Crippen LogP contribution in [0.4, 0.5) is 11.4 Å². The van der Waals surface area contributed by atoms with Gasteiger partial charge in [-0.15, -0.1) is 0 Å². The molecule has 30 heavy (non-hydrogen) atoms. The minimum atomic E-state index is -0.391. The number of nitro benzene ring substituents is 1. The van der Waals surface area contributed by atoms with Crippen LogP contribution in [0, 0.1) is 10.1 Å². The molecule has 2 heterocycles. The maximum absolute atomic E-state index is 12.4. The number of non-ortho nitro benzene ring substituents is 1. The molecule has 7 nitrogen and oxygen atoms in total. The van der Waals surface area contributed by atoms with E-state index in [1.807, 2.05) is 18.2 Å².